The lowest BCUT2D eigenvalue weighted by atomic mass is 9.84. The molecule has 0 atom stereocenters. The minimum absolute atomic E-state index is 0.519. The van der Waals surface area contributed by atoms with Crippen molar-refractivity contribution in [3.05, 3.63) is 53.4 Å². The van der Waals surface area contributed by atoms with Crippen LogP contribution in [0.4, 0.5) is 0 Å². The molecule has 1 fully saturated rings. The van der Waals surface area contributed by atoms with Crippen molar-refractivity contribution in [3.8, 4) is 17.2 Å². The molecule has 0 heterocycles. The van der Waals surface area contributed by atoms with Crippen molar-refractivity contribution in [1.29, 1.82) is 0 Å². The molecule has 0 radical (unpaired) electrons. The summed E-state index contributed by atoms with van der Waals surface area (Å²) in [5.74, 6) is 3.79. The molecule has 1 saturated carbocycles. The lowest BCUT2D eigenvalue weighted by molar-refractivity contribution is 0.279. The third-order valence-electron chi connectivity index (χ3n) is 7.03. The smallest absolute Gasteiger partial charge is 0.164 e. The van der Waals surface area contributed by atoms with Gasteiger partial charge in [0.2, 0.25) is 0 Å². The number of benzene rings is 1. The average Bonchev–Trinajstić information content (AvgIpc) is 2.92. The van der Waals surface area contributed by atoms with Gasteiger partial charge in [-0.25, -0.2) is 4.99 Å². The van der Waals surface area contributed by atoms with Gasteiger partial charge in [0.15, 0.2) is 11.5 Å². The molecule has 0 saturated heterocycles. The standard InChI is InChI=1S/C29H43N5O3/c1-30-29(34(2)3)24-9-7-8-10-25(24)33-20-32-23-13-11-21(12-14-23)15-16-31-19-22-17-27(36-5)28(37-6)18-26(22)35-4/h7-10,17-18,21,23,31-32H,1,11-16,19-20H2,2-6H3/b29-24+,33-25-. The molecule has 2 aliphatic carbocycles. The van der Waals surface area contributed by atoms with Crippen LogP contribution >= 0.6 is 0 Å². The Morgan fingerprint density at radius 1 is 0.973 bits per heavy atom. The molecule has 0 aromatic heterocycles. The van der Waals surface area contributed by atoms with Gasteiger partial charge in [-0.1, -0.05) is 12.2 Å². The van der Waals surface area contributed by atoms with Crippen LogP contribution in [0.25, 0.3) is 0 Å². The minimum Gasteiger partial charge on any atom is -0.496 e. The summed E-state index contributed by atoms with van der Waals surface area (Å²) in [5.41, 5.74) is 3.01. The van der Waals surface area contributed by atoms with Gasteiger partial charge in [-0.15, -0.1) is 0 Å². The fraction of sp³-hybridized carbons (Fsp3) is 0.517. The highest BCUT2D eigenvalue weighted by atomic mass is 16.5. The zero-order valence-electron chi connectivity index (χ0n) is 23.0. The van der Waals surface area contributed by atoms with Gasteiger partial charge in [0.05, 0.1) is 33.7 Å². The quantitative estimate of drug-likeness (QED) is 0.304. The summed E-state index contributed by atoms with van der Waals surface area (Å²) in [4.78, 5) is 11.0. The maximum atomic E-state index is 5.54. The molecule has 0 amide bonds. The van der Waals surface area contributed by atoms with Crippen molar-refractivity contribution < 1.29 is 14.2 Å². The second-order valence-corrected chi connectivity index (χ2v) is 9.62. The second-order valence-electron chi connectivity index (χ2n) is 9.62. The third kappa shape index (κ3) is 7.94. The Bertz CT molecular complexity index is 1020. The van der Waals surface area contributed by atoms with Gasteiger partial charge < -0.3 is 24.4 Å². The number of nitrogens with zero attached hydrogens (tertiary/aromatic N) is 3. The van der Waals surface area contributed by atoms with Crippen LogP contribution in [0.15, 0.2) is 57.8 Å². The van der Waals surface area contributed by atoms with Crippen molar-refractivity contribution in [1.82, 2.24) is 15.5 Å². The van der Waals surface area contributed by atoms with Gasteiger partial charge in [-0.3, -0.25) is 10.3 Å². The third-order valence-corrected chi connectivity index (χ3v) is 7.03. The molecule has 0 bridgehead atoms. The first-order valence-electron chi connectivity index (χ1n) is 13.0. The number of methoxy groups -OCH3 is 3. The van der Waals surface area contributed by atoms with Crippen LogP contribution in [0.3, 0.4) is 0 Å². The molecule has 1 aromatic carbocycles. The molecule has 0 spiro atoms. The van der Waals surface area contributed by atoms with E-state index in [0.29, 0.717) is 18.5 Å². The van der Waals surface area contributed by atoms with E-state index in [9.17, 15) is 0 Å². The van der Waals surface area contributed by atoms with Gasteiger partial charge in [-0.2, -0.15) is 0 Å². The lowest BCUT2D eigenvalue weighted by Crippen LogP contribution is -2.34. The number of hydrogen-bond donors (Lipinski definition) is 2. The van der Waals surface area contributed by atoms with Crippen molar-refractivity contribution >= 4 is 12.4 Å². The van der Waals surface area contributed by atoms with E-state index in [2.05, 4.69) is 22.3 Å². The summed E-state index contributed by atoms with van der Waals surface area (Å²) < 4.78 is 16.4. The fourth-order valence-corrected chi connectivity index (χ4v) is 4.94. The Morgan fingerprint density at radius 2 is 1.65 bits per heavy atom. The van der Waals surface area contributed by atoms with Crippen LogP contribution < -0.4 is 24.8 Å². The Balaban J connectivity index is 1.41. The molecular formula is C29H43N5O3. The first kappa shape index (κ1) is 28.5. The first-order chi connectivity index (χ1) is 18.0. The molecule has 37 heavy (non-hydrogen) atoms. The molecule has 2 aliphatic rings. The van der Waals surface area contributed by atoms with Crippen LogP contribution in [0, 0.1) is 5.92 Å². The Kier molecular flexibility index (Phi) is 11.2. The normalized spacial score (nSPS) is 21.6. The van der Waals surface area contributed by atoms with Crippen LogP contribution in [0.5, 0.6) is 17.2 Å². The summed E-state index contributed by atoms with van der Waals surface area (Å²) in [6.07, 6.45) is 14.1. The van der Waals surface area contributed by atoms with E-state index in [0.717, 1.165) is 53.2 Å². The maximum Gasteiger partial charge on any atom is 0.164 e. The molecule has 1 aromatic rings. The highest BCUT2D eigenvalue weighted by Crippen LogP contribution is 2.34. The van der Waals surface area contributed by atoms with E-state index in [1.165, 1.54) is 32.1 Å². The predicted molar refractivity (Wildman–Crippen MR) is 152 cm³/mol. The van der Waals surface area contributed by atoms with Crippen LogP contribution in [0.1, 0.15) is 37.7 Å². The number of nitrogens with one attached hydrogen (secondary N) is 2. The molecule has 8 heteroatoms. The molecular weight excluding hydrogens is 466 g/mol. The molecule has 0 unspecified atom stereocenters. The Labute approximate surface area is 222 Å². The number of rotatable bonds is 13. The van der Waals surface area contributed by atoms with E-state index in [1.807, 2.05) is 55.4 Å². The summed E-state index contributed by atoms with van der Waals surface area (Å²) in [6, 6.07) is 4.38. The number of allylic oxidation sites excluding steroid dienone is 5. The van der Waals surface area contributed by atoms with Crippen LogP contribution in [0.2, 0.25) is 0 Å². The molecule has 202 valence electrons. The largest absolute Gasteiger partial charge is 0.496 e. The van der Waals surface area contributed by atoms with E-state index < -0.39 is 0 Å². The van der Waals surface area contributed by atoms with E-state index in [-0.39, 0.29) is 0 Å². The van der Waals surface area contributed by atoms with Gasteiger partial charge in [0, 0.05) is 43.9 Å². The Hall–Kier alpha value is -3.10. The zero-order chi connectivity index (χ0) is 26.6. The SMILES string of the molecule is C=N/C(=C1/C=CC=C/C1=N/CNC1CCC(CCNCc2cc(OC)c(OC)cc2OC)CC1)N(C)C. The summed E-state index contributed by atoms with van der Waals surface area (Å²) >= 11 is 0. The van der Waals surface area contributed by atoms with Gasteiger partial charge in [-0.05, 0) is 69.5 Å². The van der Waals surface area contributed by atoms with Crippen LogP contribution in [-0.2, 0) is 6.54 Å². The van der Waals surface area contributed by atoms with Gasteiger partial charge in [0.1, 0.15) is 11.6 Å². The molecule has 3 rings (SSSR count). The molecule has 0 aliphatic heterocycles. The second kappa shape index (κ2) is 14.6. The fourth-order valence-electron chi connectivity index (χ4n) is 4.94. The monoisotopic (exact) mass is 509 g/mol. The zero-order valence-corrected chi connectivity index (χ0v) is 23.0. The van der Waals surface area contributed by atoms with Crippen LogP contribution in [-0.4, -0.2) is 72.0 Å². The topological polar surface area (TPSA) is 79.7 Å². The minimum atomic E-state index is 0.519. The van der Waals surface area contributed by atoms with Crippen molar-refractivity contribution in [2.75, 3.05) is 48.6 Å². The maximum absolute atomic E-state index is 5.54. The molecule has 8 nitrogen and oxygen atoms in total. The van der Waals surface area contributed by atoms with Crippen molar-refractivity contribution in [3.63, 3.8) is 0 Å². The lowest BCUT2D eigenvalue weighted by Gasteiger charge is -2.29. The van der Waals surface area contributed by atoms with E-state index >= 15 is 0 Å². The van der Waals surface area contributed by atoms with E-state index in [4.69, 9.17) is 19.2 Å². The average molecular weight is 510 g/mol. The first-order valence-corrected chi connectivity index (χ1v) is 13.0. The van der Waals surface area contributed by atoms with E-state index in [1.54, 1.807) is 21.3 Å². The number of ether oxygens (including phenoxy) is 3. The predicted octanol–water partition coefficient (Wildman–Crippen LogP) is 4.34. The van der Waals surface area contributed by atoms with Gasteiger partial charge in [0.25, 0.3) is 0 Å². The summed E-state index contributed by atoms with van der Waals surface area (Å²) in [5, 5.41) is 7.22. The van der Waals surface area contributed by atoms with Crippen molar-refractivity contribution in [2.45, 2.75) is 44.7 Å². The summed E-state index contributed by atoms with van der Waals surface area (Å²) in [6.45, 7) is 6.04. The molecule has 2 N–H and O–H groups in total. The highest BCUT2D eigenvalue weighted by Gasteiger charge is 2.21. The Morgan fingerprint density at radius 3 is 2.30 bits per heavy atom. The summed E-state index contributed by atoms with van der Waals surface area (Å²) in [7, 11) is 8.91. The van der Waals surface area contributed by atoms with Gasteiger partial charge >= 0.3 is 0 Å². The van der Waals surface area contributed by atoms with Crippen molar-refractivity contribution in [2.24, 2.45) is 15.9 Å². The number of aliphatic imine (C=N–C) groups is 2. The number of hydrogen-bond acceptors (Lipinski definition) is 8. The highest BCUT2D eigenvalue weighted by molar-refractivity contribution is 6.12.